The third kappa shape index (κ3) is 2.36. The van der Waals surface area contributed by atoms with Crippen molar-refractivity contribution in [2.75, 3.05) is 30.4 Å². The van der Waals surface area contributed by atoms with Crippen molar-refractivity contribution < 1.29 is 4.39 Å². The van der Waals surface area contributed by atoms with Crippen LogP contribution in [0.1, 0.15) is 17.2 Å². The highest BCUT2D eigenvalue weighted by Crippen LogP contribution is 2.39. The molecule has 0 radical (unpaired) electrons. The van der Waals surface area contributed by atoms with Gasteiger partial charge < -0.3 is 15.5 Å². The Hall–Kier alpha value is -2.07. The van der Waals surface area contributed by atoms with E-state index in [1.54, 1.807) is 6.07 Å². The van der Waals surface area contributed by atoms with Gasteiger partial charge in [0.25, 0.3) is 0 Å². The van der Waals surface area contributed by atoms with Gasteiger partial charge in [0.05, 0.1) is 11.7 Å². The molecule has 0 fully saturated rings. The normalized spacial score (nSPS) is 17.0. The molecule has 2 N–H and O–H groups in total. The van der Waals surface area contributed by atoms with Gasteiger partial charge in [-0.25, -0.2) is 4.39 Å². The summed E-state index contributed by atoms with van der Waals surface area (Å²) in [4.78, 5) is 4.12. The summed E-state index contributed by atoms with van der Waals surface area (Å²) >= 11 is 0. The van der Waals surface area contributed by atoms with Crippen LogP contribution >= 0.6 is 0 Å². The summed E-state index contributed by atoms with van der Waals surface area (Å²) in [5.74, 6) is -0.198. The number of benzene rings is 2. The van der Waals surface area contributed by atoms with Gasteiger partial charge in [0, 0.05) is 32.9 Å². The predicted molar refractivity (Wildman–Crippen MR) is 85.1 cm³/mol. The highest BCUT2D eigenvalue weighted by molar-refractivity contribution is 5.59. The van der Waals surface area contributed by atoms with Gasteiger partial charge in [-0.3, -0.25) is 0 Å². The minimum absolute atomic E-state index is 0.0248. The molecule has 1 atom stereocenters. The Morgan fingerprint density at radius 1 is 1.24 bits per heavy atom. The number of fused-ring (bicyclic) bond motifs is 1. The predicted octanol–water partition coefficient (Wildman–Crippen LogP) is 2.91. The molecule has 3 nitrogen and oxygen atoms in total. The van der Waals surface area contributed by atoms with E-state index in [-0.39, 0.29) is 11.9 Å². The minimum Gasteiger partial charge on any atom is -0.378 e. The Balaban J connectivity index is 2.02. The fourth-order valence-electron chi connectivity index (χ4n) is 2.97. The van der Waals surface area contributed by atoms with Gasteiger partial charge in [-0.15, -0.1) is 0 Å². The highest BCUT2D eigenvalue weighted by atomic mass is 19.1. The van der Waals surface area contributed by atoms with Gasteiger partial charge in [0.1, 0.15) is 5.82 Å². The summed E-state index contributed by atoms with van der Waals surface area (Å²) < 4.78 is 14.1. The lowest BCUT2D eigenvalue weighted by Crippen LogP contribution is -2.28. The fourth-order valence-corrected chi connectivity index (χ4v) is 2.97. The molecule has 0 amide bonds. The van der Waals surface area contributed by atoms with E-state index in [9.17, 15) is 4.39 Å². The third-order valence-electron chi connectivity index (χ3n) is 4.11. The van der Waals surface area contributed by atoms with Crippen molar-refractivity contribution in [3.05, 3.63) is 59.4 Å². The van der Waals surface area contributed by atoms with Crippen LogP contribution in [0, 0.1) is 5.82 Å². The van der Waals surface area contributed by atoms with Crippen LogP contribution in [0.4, 0.5) is 15.8 Å². The van der Waals surface area contributed by atoms with Crippen LogP contribution in [-0.4, -0.2) is 20.6 Å². The summed E-state index contributed by atoms with van der Waals surface area (Å²) in [6.45, 7) is 1.17. The summed E-state index contributed by atoms with van der Waals surface area (Å²) in [6.07, 6.45) is 0. The first-order valence-electron chi connectivity index (χ1n) is 7.13. The Kier molecular flexibility index (Phi) is 3.55. The molecule has 110 valence electrons. The molecule has 0 spiro atoms. The molecule has 0 saturated heterocycles. The van der Waals surface area contributed by atoms with Gasteiger partial charge in [-0.1, -0.05) is 18.2 Å². The smallest absolute Gasteiger partial charge is 0.146 e. The molecule has 4 heteroatoms. The number of para-hydroxylation sites is 1. The Labute approximate surface area is 124 Å². The molecule has 1 aliphatic rings. The zero-order valence-electron chi connectivity index (χ0n) is 12.4. The molecule has 0 aromatic heterocycles. The van der Waals surface area contributed by atoms with E-state index in [2.05, 4.69) is 28.0 Å². The molecular formula is C17H20FN3. The number of rotatable bonds is 3. The van der Waals surface area contributed by atoms with Gasteiger partial charge in [0.15, 0.2) is 0 Å². The summed E-state index contributed by atoms with van der Waals surface area (Å²) in [7, 11) is 4.03. The second-order valence-electron chi connectivity index (χ2n) is 5.61. The van der Waals surface area contributed by atoms with Crippen molar-refractivity contribution in [2.24, 2.45) is 5.73 Å². The molecule has 0 saturated carbocycles. The number of nitrogens with zero attached hydrogens (tertiary/aromatic N) is 2. The first-order valence-corrected chi connectivity index (χ1v) is 7.13. The van der Waals surface area contributed by atoms with E-state index in [0.717, 1.165) is 5.69 Å². The Bertz CT molecular complexity index is 654. The van der Waals surface area contributed by atoms with Crippen LogP contribution < -0.4 is 15.5 Å². The molecule has 0 aliphatic carbocycles. The topological polar surface area (TPSA) is 32.5 Å². The lowest BCUT2D eigenvalue weighted by atomic mass is 10.0. The van der Waals surface area contributed by atoms with E-state index >= 15 is 0 Å². The van der Waals surface area contributed by atoms with Crippen molar-refractivity contribution in [3.63, 3.8) is 0 Å². The molecule has 1 heterocycles. The first-order chi connectivity index (χ1) is 10.1. The van der Waals surface area contributed by atoms with E-state index in [4.69, 9.17) is 5.73 Å². The van der Waals surface area contributed by atoms with Crippen molar-refractivity contribution >= 4 is 11.4 Å². The van der Waals surface area contributed by atoms with Gasteiger partial charge in [0.2, 0.25) is 0 Å². The maximum Gasteiger partial charge on any atom is 0.146 e. The van der Waals surface area contributed by atoms with Crippen LogP contribution in [0.3, 0.4) is 0 Å². The molecule has 2 aromatic rings. The Morgan fingerprint density at radius 2 is 2.00 bits per heavy atom. The first kappa shape index (κ1) is 13.9. The average Bonchev–Trinajstić information content (AvgIpc) is 2.84. The van der Waals surface area contributed by atoms with Crippen LogP contribution in [0.2, 0.25) is 0 Å². The van der Waals surface area contributed by atoms with Gasteiger partial charge in [-0.05, 0) is 35.4 Å². The molecule has 0 bridgehead atoms. The van der Waals surface area contributed by atoms with Gasteiger partial charge >= 0.3 is 0 Å². The van der Waals surface area contributed by atoms with Gasteiger partial charge in [-0.2, -0.15) is 0 Å². The molecule has 1 aliphatic heterocycles. The lowest BCUT2D eigenvalue weighted by molar-refractivity contribution is 0.600. The fraction of sp³-hybridized carbons (Fsp3) is 0.294. The molecule has 2 aromatic carbocycles. The SMILES string of the molecule is CN(C)c1ccc2c(c1)C(CN)N(c1ccccc1F)C2. The number of nitrogens with two attached hydrogens (primary N) is 1. The minimum atomic E-state index is -0.198. The zero-order chi connectivity index (χ0) is 15.0. The highest BCUT2D eigenvalue weighted by Gasteiger charge is 2.30. The van der Waals surface area contributed by atoms with E-state index in [1.807, 2.05) is 26.2 Å². The maximum absolute atomic E-state index is 14.1. The maximum atomic E-state index is 14.1. The lowest BCUT2D eigenvalue weighted by Gasteiger charge is -2.26. The van der Waals surface area contributed by atoms with Crippen LogP contribution in [0.15, 0.2) is 42.5 Å². The largest absolute Gasteiger partial charge is 0.378 e. The second-order valence-corrected chi connectivity index (χ2v) is 5.61. The van der Waals surface area contributed by atoms with Crippen molar-refractivity contribution in [3.8, 4) is 0 Å². The quantitative estimate of drug-likeness (QED) is 0.941. The second kappa shape index (κ2) is 5.37. The average molecular weight is 285 g/mol. The van der Waals surface area contributed by atoms with E-state index < -0.39 is 0 Å². The number of hydrogen-bond donors (Lipinski definition) is 1. The molecule has 1 unspecified atom stereocenters. The van der Waals surface area contributed by atoms with Crippen LogP contribution in [0.25, 0.3) is 0 Å². The number of hydrogen-bond acceptors (Lipinski definition) is 3. The standard InChI is InChI=1S/C17H20FN3/c1-20(2)13-8-7-12-11-21(17(10-19)14(12)9-13)16-6-4-3-5-15(16)18/h3-9,17H,10-11,19H2,1-2H3. The summed E-state index contributed by atoms with van der Waals surface area (Å²) in [6, 6.07) is 13.3. The van der Waals surface area contributed by atoms with Crippen molar-refractivity contribution in [1.29, 1.82) is 0 Å². The molecular weight excluding hydrogens is 265 g/mol. The zero-order valence-corrected chi connectivity index (χ0v) is 12.4. The number of anilines is 2. The van der Waals surface area contributed by atoms with Crippen LogP contribution in [-0.2, 0) is 6.54 Å². The van der Waals surface area contributed by atoms with E-state index in [1.165, 1.54) is 17.2 Å². The molecule has 3 rings (SSSR count). The summed E-state index contributed by atoms with van der Waals surface area (Å²) in [5, 5.41) is 0. The molecule has 21 heavy (non-hydrogen) atoms. The third-order valence-corrected chi connectivity index (χ3v) is 4.11. The van der Waals surface area contributed by atoms with Crippen molar-refractivity contribution in [1.82, 2.24) is 0 Å². The van der Waals surface area contributed by atoms with Crippen molar-refractivity contribution in [2.45, 2.75) is 12.6 Å². The van der Waals surface area contributed by atoms with E-state index in [0.29, 0.717) is 18.8 Å². The summed E-state index contributed by atoms with van der Waals surface area (Å²) in [5.41, 5.74) is 10.2. The monoisotopic (exact) mass is 285 g/mol. The number of halogens is 1. The van der Waals surface area contributed by atoms with Crippen LogP contribution in [0.5, 0.6) is 0 Å². The Morgan fingerprint density at radius 3 is 2.67 bits per heavy atom.